The van der Waals surface area contributed by atoms with Crippen molar-refractivity contribution in [1.29, 1.82) is 0 Å². The first-order chi connectivity index (χ1) is 9.88. The van der Waals surface area contributed by atoms with Gasteiger partial charge < -0.3 is 14.5 Å². The lowest BCUT2D eigenvalue weighted by atomic mass is 10.1. The molecule has 2 rings (SSSR count). The number of nitro groups is 1. The second-order valence-electron chi connectivity index (χ2n) is 5.55. The van der Waals surface area contributed by atoms with Gasteiger partial charge in [-0.15, -0.1) is 0 Å². The predicted octanol–water partition coefficient (Wildman–Crippen LogP) is 2.32. The fourth-order valence-corrected chi connectivity index (χ4v) is 3.04. The Balaban J connectivity index is 2.23. The summed E-state index contributed by atoms with van der Waals surface area (Å²) < 4.78 is 5.75. The number of nitrogens with zero attached hydrogens (tertiary/aromatic N) is 3. The summed E-state index contributed by atoms with van der Waals surface area (Å²) in [4.78, 5) is 14.7. The van der Waals surface area contributed by atoms with Gasteiger partial charge in [-0.3, -0.25) is 10.1 Å². The molecule has 1 heterocycles. The van der Waals surface area contributed by atoms with Crippen molar-refractivity contribution in [2.75, 3.05) is 45.2 Å². The van der Waals surface area contributed by atoms with Crippen LogP contribution < -0.4 is 4.90 Å². The normalized spacial score (nSPS) is 19.1. The van der Waals surface area contributed by atoms with Crippen LogP contribution in [0, 0.1) is 17.0 Å². The van der Waals surface area contributed by atoms with Gasteiger partial charge in [-0.05, 0) is 26.6 Å². The molecule has 1 unspecified atom stereocenters. The minimum absolute atomic E-state index is 0.0272. The number of anilines is 1. The molecule has 0 radical (unpaired) electrons. The summed E-state index contributed by atoms with van der Waals surface area (Å²) in [5.41, 5.74) is 1.72. The Kier molecular flexibility index (Phi) is 5.03. The summed E-state index contributed by atoms with van der Waals surface area (Å²) in [6, 6.07) is 2.98. The number of ether oxygens (including phenoxy) is 1. The summed E-state index contributed by atoms with van der Waals surface area (Å²) in [5, 5.41) is 11.3. The van der Waals surface area contributed by atoms with Gasteiger partial charge in [0.15, 0.2) is 0 Å². The lowest BCUT2D eigenvalue weighted by molar-refractivity contribution is -0.384. The molecule has 0 saturated carbocycles. The molecule has 7 heteroatoms. The van der Waals surface area contributed by atoms with Crippen molar-refractivity contribution < 1.29 is 9.66 Å². The standard InChI is InChI=1S/C14H20ClN3O3/c1-10-6-11(18(19)20)7-13(15)14(10)17-4-5-21-12(9-17)8-16(2)3/h6-7,12H,4-5,8-9H2,1-3H3. The lowest BCUT2D eigenvalue weighted by Gasteiger charge is -2.36. The maximum Gasteiger partial charge on any atom is 0.271 e. The van der Waals surface area contributed by atoms with E-state index in [-0.39, 0.29) is 11.8 Å². The highest BCUT2D eigenvalue weighted by molar-refractivity contribution is 6.33. The maximum atomic E-state index is 10.9. The third-order valence-corrected chi connectivity index (χ3v) is 3.76. The first kappa shape index (κ1) is 16.0. The van der Waals surface area contributed by atoms with Gasteiger partial charge in [-0.2, -0.15) is 0 Å². The van der Waals surface area contributed by atoms with Crippen LogP contribution >= 0.6 is 11.6 Å². The molecule has 0 aromatic heterocycles. The van der Waals surface area contributed by atoms with E-state index in [1.54, 1.807) is 6.07 Å². The number of non-ortho nitro benzene ring substituents is 1. The highest BCUT2D eigenvalue weighted by Gasteiger charge is 2.25. The van der Waals surface area contributed by atoms with Crippen LogP contribution in [0.5, 0.6) is 0 Å². The van der Waals surface area contributed by atoms with Gasteiger partial charge in [0.2, 0.25) is 0 Å². The smallest absolute Gasteiger partial charge is 0.271 e. The van der Waals surface area contributed by atoms with Gasteiger partial charge in [0.25, 0.3) is 5.69 Å². The number of likely N-dealkylation sites (N-methyl/N-ethyl adjacent to an activating group) is 1. The monoisotopic (exact) mass is 313 g/mol. The largest absolute Gasteiger partial charge is 0.373 e. The van der Waals surface area contributed by atoms with Crippen LogP contribution in [0.15, 0.2) is 12.1 Å². The van der Waals surface area contributed by atoms with Gasteiger partial charge in [-0.1, -0.05) is 11.6 Å². The van der Waals surface area contributed by atoms with Crippen LogP contribution in [0.3, 0.4) is 0 Å². The van der Waals surface area contributed by atoms with E-state index >= 15 is 0 Å². The molecule has 1 aliphatic rings. The van der Waals surface area contributed by atoms with Gasteiger partial charge >= 0.3 is 0 Å². The minimum Gasteiger partial charge on any atom is -0.373 e. The summed E-state index contributed by atoms with van der Waals surface area (Å²) in [5.74, 6) is 0. The Bertz CT molecular complexity index is 513. The maximum absolute atomic E-state index is 10.9. The van der Waals surface area contributed by atoms with E-state index in [4.69, 9.17) is 16.3 Å². The fraction of sp³-hybridized carbons (Fsp3) is 0.571. The molecule has 1 aromatic rings. The van der Waals surface area contributed by atoms with Crippen molar-refractivity contribution in [2.24, 2.45) is 0 Å². The molecule has 1 aromatic carbocycles. The Morgan fingerprint density at radius 1 is 1.52 bits per heavy atom. The number of benzene rings is 1. The molecular formula is C14H20ClN3O3. The molecule has 1 fully saturated rings. The van der Waals surface area contributed by atoms with E-state index in [2.05, 4.69) is 9.80 Å². The van der Waals surface area contributed by atoms with Crippen molar-refractivity contribution in [2.45, 2.75) is 13.0 Å². The van der Waals surface area contributed by atoms with Crippen LogP contribution in [0.25, 0.3) is 0 Å². The molecule has 0 N–H and O–H groups in total. The highest BCUT2D eigenvalue weighted by Crippen LogP contribution is 2.34. The number of nitro benzene ring substituents is 1. The number of aryl methyl sites for hydroxylation is 1. The zero-order valence-corrected chi connectivity index (χ0v) is 13.3. The first-order valence-electron chi connectivity index (χ1n) is 6.84. The Hall–Kier alpha value is -1.37. The quantitative estimate of drug-likeness (QED) is 0.630. The van der Waals surface area contributed by atoms with Crippen LogP contribution in [0.2, 0.25) is 5.02 Å². The summed E-state index contributed by atoms with van der Waals surface area (Å²) in [7, 11) is 4.01. The number of hydrogen-bond donors (Lipinski definition) is 0. The SMILES string of the molecule is Cc1cc([N+](=O)[O-])cc(Cl)c1N1CCOC(CN(C)C)C1. The Morgan fingerprint density at radius 3 is 2.81 bits per heavy atom. The van der Waals surface area contributed by atoms with Gasteiger partial charge in [0.05, 0.1) is 28.3 Å². The van der Waals surface area contributed by atoms with Gasteiger partial charge in [0, 0.05) is 31.8 Å². The number of halogens is 1. The van der Waals surface area contributed by atoms with E-state index in [1.807, 2.05) is 21.0 Å². The van der Waals surface area contributed by atoms with E-state index in [0.717, 1.165) is 30.9 Å². The molecule has 6 nitrogen and oxygen atoms in total. The summed E-state index contributed by atoms with van der Waals surface area (Å²) in [6.45, 7) is 4.79. The highest BCUT2D eigenvalue weighted by atomic mass is 35.5. The summed E-state index contributed by atoms with van der Waals surface area (Å²) in [6.07, 6.45) is 0.111. The Morgan fingerprint density at radius 2 is 2.24 bits per heavy atom. The zero-order valence-electron chi connectivity index (χ0n) is 12.5. The van der Waals surface area contributed by atoms with Crippen LogP contribution in [0.4, 0.5) is 11.4 Å². The second-order valence-corrected chi connectivity index (χ2v) is 5.96. The third-order valence-electron chi connectivity index (χ3n) is 3.47. The Labute approximate surface area is 129 Å². The molecule has 0 amide bonds. The lowest BCUT2D eigenvalue weighted by Crippen LogP contribution is -2.46. The van der Waals surface area contributed by atoms with Crippen molar-refractivity contribution in [1.82, 2.24) is 4.90 Å². The predicted molar refractivity (Wildman–Crippen MR) is 83.4 cm³/mol. The minimum atomic E-state index is -0.420. The van der Waals surface area contributed by atoms with E-state index in [0.29, 0.717) is 11.6 Å². The summed E-state index contributed by atoms with van der Waals surface area (Å²) >= 11 is 6.27. The average molecular weight is 314 g/mol. The number of rotatable bonds is 4. The van der Waals surface area contributed by atoms with Crippen LogP contribution in [0.1, 0.15) is 5.56 Å². The van der Waals surface area contributed by atoms with E-state index in [9.17, 15) is 10.1 Å². The second kappa shape index (κ2) is 6.60. The molecule has 116 valence electrons. The topological polar surface area (TPSA) is 58.9 Å². The van der Waals surface area contributed by atoms with Crippen molar-refractivity contribution >= 4 is 23.0 Å². The average Bonchev–Trinajstić information content (AvgIpc) is 2.37. The van der Waals surface area contributed by atoms with Gasteiger partial charge in [0.1, 0.15) is 0 Å². The molecule has 1 aliphatic heterocycles. The van der Waals surface area contributed by atoms with E-state index < -0.39 is 4.92 Å². The zero-order chi connectivity index (χ0) is 15.6. The first-order valence-corrected chi connectivity index (χ1v) is 7.22. The van der Waals surface area contributed by atoms with Crippen molar-refractivity contribution in [3.05, 3.63) is 32.8 Å². The molecule has 0 aliphatic carbocycles. The van der Waals surface area contributed by atoms with Crippen LogP contribution in [-0.2, 0) is 4.74 Å². The van der Waals surface area contributed by atoms with Crippen LogP contribution in [-0.4, -0.2) is 56.3 Å². The van der Waals surface area contributed by atoms with E-state index in [1.165, 1.54) is 6.07 Å². The molecule has 21 heavy (non-hydrogen) atoms. The number of hydrogen-bond acceptors (Lipinski definition) is 5. The molecule has 1 saturated heterocycles. The van der Waals surface area contributed by atoms with Crippen molar-refractivity contribution in [3.63, 3.8) is 0 Å². The molecule has 0 bridgehead atoms. The number of morpholine rings is 1. The van der Waals surface area contributed by atoms with Gasteiger partial charge in [-0.25, -0.2) is 0 Å². The molecular weight excluding hydrogens is 294 g/mol. The molecule has 0 spiro atoms. The molecule has 1 atom stereocenters. The third kappa shape index (κ3) is 3.84. The van der Waals surface area contributed by atoms with Crippen molar-refractivity contribution in [3.8, 4) is 0 Å². The fourth-order valence-electron chi connectivity index (χ4n) is 2.66.